The average molecular weight is 385 g/mol. The van der Waals surface area contributed by atoms with Crippen LogP contribution in [0.5, 0.6) is 0 Å². The smallest absolute Gasteiger partial charge is 0.158 e. The molecule has 142 valence electrons. The Kier molecular flexibility index (Phi) is 5.19. The van der Waals surface area contributed by atoms with Crippen LogP contribution in [-0.2, 0) is 0 Å². The van der Waals surface area contributed by atoms with Crippen molar-refractivity contribution in [3.8, 4) is 11.1 Å². The summed E-state index contributed by atoms with van der Waals surface area (Å²) in [5, 5.41) is 0. The molecule has 2 heterocycles. The van der Waals surface area contributed by atoms with E-state index in [4.69, 9.17) is 5.73 Å². The van der Waals surface area contributed by atoms with E-state index in [1.54, 1.807) is 30.2 Å². The van der Waals surface area contributed by atoms with Gasteiger partial charge in [-0.15, -0.1) is 11.8 Å². The first-order valence-corrected chi connectivity index (χ1v) is 10.7. The van der Waals surface area contributed by atoms with Gasteiger partial charge in [0.05, 0.1) is 11.6 Å². The number of imidazole rings is 1. The molecule has 0 bridgehead atoms. The van der Waals surface area contributed by atoms with Gasteiger partial charge < -0.3 is 10.7 Å². The van der Waals surface area contributed by atoms with Crippen molar-refractivity contribution in [2.24, 2.45) is 17.6 Å². The van der Waals surface area contributed by atoms with Gasteiger partial charge in [0.2, 0.25) is 0 Å². The molecule has 0 amide bonds. The van der Waals surface area contributed by atoms with Crippen LogP contribution in [0.3, 0.4) is 0 Å². The number of halogens is 1. The first kappa shape index (κ1) is 18.4. The number of hydrogen-bond donors (Lipinski definition) is 2. The Balaban J connectivity index is 1.70. The fourth-order valence-electron chi connectivity index (χ4n) is 4.06. The summed E-state index contributed by atoms with van der Waals surface area (Å²) in [5.74, 6) is 1.56. The third-order valence-electron chi connectivity index (χ3n) is 5.79. The number of aromatic nitrogens is 3. The molecule has 1 aromatic carbocycles. The summed E-state index contributed by atoms with van der Waals surface area (Å²) in [6.45, 7) is 2.29. The van der Waals surface area contributed by atoms with Crippen molar-refractivity contribution in [1.29, 1.82) is 0 Å². The van der Waals surface area contributed by atoms with Gasteiger partial charge in [0.15, 0.2) is 5.82 Å². The summed E-state index contributed by atoms with van der Waals surface area (Å²) in [5.41, 5.74) is 8.87. The third kappa shape index (κ3) is 3.48. The molecule has 27 heavy (non-hydrogen) atoms. The Morgan fingerprint density at radius 2 is 1.96 bits per heavy atom. The van der Waals surface area contributed by atoms with Crippen molar-refractivity contribution < 1.29 is 4.39 Å². The maximum Gasteiger partial charge on any atom is 0.158 e. The molecule has 4 rings (SSSR count). The second-order valence-electron chi connectivity index (χ2n) is 7.57. The highest BCUT2D eigenvalue weighted by Gasteiger charge is 2.27. The minimum atomic E-state index is -0.317. The van der Waals surface area contributed by atoms with Gasteiger partial charge in [0.1, 0.15) is 11.3 Å². The summed E-state index contributed by atoms with van der Waals surface area (Å²) >= 11 is 1.58. The van der Waals surface area contributed by atoms with E-state index in [-0.39, 0.29) is 11.9 Å². The number of benzene rings is 1. The number of nitrogens with zero attached hydrogens (tertiary/aromatic N) is 2. The molecule has 0 saturated heterocycles. The molecule has 1 saturated carbocycles. The van der Waals surface area contributed by atoms with E-state index >= 15 is 4.39 Å². The normalized spacial score (nSPS) is 21.5. The van der Waals surface area contributed by atoms with Crippen molar-refractivity contribution in [2.75, 3.05) is 6.26 Å². The number of rotatable bonds is 4. The third-order valence-corrected chi connectivity index (χ3v) is 6.58. The van der Waals surface area contributed by atoms with E-state index in [9.17, 15) is 0 Å². The molecule has 0 unspecified atom stereocenters. The standard InChI is InChI=1S/C21H25FN4S/c1-12-3-5-13(6-4-12)19(23)21-25-16-8-7-14(18(22)20(16)26-21)15-11-24-10-9-17(15)27-2/h7-13,19H,3-6,23H2,1-2H3,(H,25,26)/t12?,13?,19-/m0/s1. The van der Waals surface area contributed by atoms with E-state index in [0.29, 0.717) is 28.3 Å². The van der Waals surface area contributed by atoms with Crippen LogP contribution >= 0.6 is 11.8 Å². The molecular formula is C21H25FN4S. The molecule has 3 aromatic rings. The van der Waals surface area contributed by atoms with Crippen LogP contribution in [0.2, 0.25) is 0 Å². The first-order chi connectivity index (χ1) is 13.1. The predicted octanol–water partition coefficient (Wildman–Crippen LogP) is 5.31. The quantitative estimate of drug-likeness (QED) is 0.598. The van der Waals surface area contributed by atoms with E-state index in [0.717, 1.165) is 29.2 Å². The number of pyridine rings is 1. The molecule has 0 radical (unpaired) electrons. The molecule has 0 spiro atoms. The number of fused-ring (bicyclic) bond motifs is 1. The number of nitrogens with two attached hydrogens (primary N) is 1. The van der Waals surface area contributed by atoms with Gasteiger partial charge in [0, 0.05) is 28.4 Å². The first-order valence-electron chi connectivity index (χ1n) is 9.50. The Labute approximate surface area is 163 Å². The minimum Gasteiger partial charge on any atom is -0.341 e. The van der Waals surface area contributed by atoms with Crippen molar-refractivity contribution in [3.63, 3.8) is 0 Å². The maximum absolute atomic E-state index is 15.3. The SMILES string of the molecule is CSc1ccncc1-c1ccc2[nH]c([C@@H](N)C3CCC(C)CC3)nc2c1F. The highest BCUT2D eigenvalue weighted by Crippen LogP contribution is 2.37. The molecular weight excluding hydrogens is 359 g/mol. The lowest BCUT2D eigenvalue weighted by Crippen LogP contribution is -2.26. The van der Waals surface area contributed by atoms with Crippen LogP contribution < -0.4 is 5.73 Å². The maximum atomic E-state index is 15.3. The van der Waals surface area contributed by atoms with E-state index in [1.165, 1.54) is 12.8 Å². The lowest BCUT2D eigenvalue weighted by atomic mass is 9.79. The Hall–Kier alpha value is -1.92. The highest BCUT2D eigenvalue weighted by atomic mass is 32.2. The van der Waals surface area contributed by atoms with Crippen molar-refractivity contribution in [1.82, 2.24) is 15.0 Å². The summed E-state index contributed by atoms with van der Waals surface area (Å²) < 4.78 is 15.3. The molecule has 1 atom stereocenters. The van der Waals surface area contributed by atoms with E-state index in [2.05, 4.69) is 21.9 Å². The van der Waals surface area contributed by atoms with Crippen molar-refractivity contribution in [3.05, 3.63) is 42.2 Å². The van der Waals surface area contributed by atoms with Gasteiger partial charge in [0.25, 0.3) is 0 Å². The summed E-state index contributed by atoms with van der Waals surface area (Å²) in [7, 11) is 0. The number of nitrogens with one attached hydrogen (secondary N) is 1. The molecule has 3 N–H and O–H groups in total. The van der Waals surface area contributed by atoms with Gasteiger partial charge in [-0.2, -0.15) is 0 Å². The Bertz CT molecular complexity index is 947. The molecule has 1 aliphatic rings. The van der Waals surface area contributed by atoms with Crippen LogP contribution in [-0.4, -0.2) is 21.2 Å². The zero-order valence-electron chi connectivity index (χ0n) is 15.7. The fraction of sp³-hybridized carbons (Fsp3) is 0.429. The Morgan fingerprint density at radius 3 is 2.70 bits per heavy atom. The molecule has 1 fully saturated rings. The summed E-state index contributed by atoms with van der Waals surface area (Å²) in [6.07, 6.45) is 10.0. The number of thioether (sulfide) groups is 1. The minimum absolute atomic E-state index is 0.173. The monoisotopic (exact) mass is 384 g/mol. The summed E-state index contributed by atoms with van der Waals surface area (Å²) in [6, 6.07) is 5.41. The predicted molar refractivity (Wildman–Crippen MR) is 109 cm³/mol. The fourth-order valence-corrected chi connectivity index (χ4v) is 4.64. The second kappa shape index (κ2) is 7.60. The van der Waals surface area contributed by atoms with Crippen LogP contribution in [0.4, 0.5) is 4.39 Å². The van der Waals surface area contributed by atoms with Crippen molar-refractivity contribution in [2.45, 2.75) is 43.5 Å². The van der Waals surface area contributed by atoms with Crippen LogP contribution in [0, 0.1) is 17.7 Å². The zero-order valence-corrected chi connectivity index (χ0v) is 16.5. The van der Waals surface area contributed by atoms with Crippen LogP contribution in [0.25, 0.3) is 22.2 Å². The number of hydrogen-bond acceptors (Lipinski definition) is 4. The van der Waals surface area contributed by atoms with Crippen LogP contribution in [0.1, 0.15) is 44.5 Å². The highest BCUT2D eigenvalue weighted by molar-refractivity contribution is 7.98. The van der Waals surface area contributed by atoms with Gasteiger partial charge in [-0.25, -0.2) is 9.37 Å². The molecule has 6 heteroatoms. The Morgan fingerprint density at radius 1 is 1.19 bits per heavy atom. The largest absolute Gasteiger partial charge is 0.341 e. The average Bonchev–Trinajstić information content (AvgIpc) is 3.14. The van der Waals surface area contributed by atoms with Gasteiger partial charge in [-0.3, -0.25) is 4.98 Å². The second-order valence-corrected chi connectivity index (χ2v) is 8.42. The van der Waals surface area contributed by atoms with E-state index in [1.807, 2.05) is 18.4 Å². The van der Waals surface area contributed by atoms with Gasteiger partial charge >= 0.3 is 0 Å². The van der Waals surface area contributed by atoms with Gasteiger partial charge in [-0.05, 0) is 49.1 Å². The number of aromatic amines is 1. The lowest BCUT2D eigenvalue weighted by molar-refractivity contribution is 0.252. The lowest BCUT2D eigenvalue weighted by Gasteiger charge is -2.29. The van der Waals surface area contributed by atoms with E-state index < -0.39 is 0 Å². The zero-order chi connectivity index (χ0) is 19.0. The van der Waals surface area contributed by atoms with Crippen LogP contribution in [0.15, 0.2) is 35.5 Å². The number of H-pyrrole nitrogens is 1. The van der Waals surface area contributed by atoms with Crippen molar-refractivity contribution >= 4 is 22.8 Å². The summed E-state index contributed by atoms with van der Waals surface area (Å²) in [4.78, 5) is 13.0. The topological polar surface area (TPSA) is 67.6 Å². The molecule has 2 aromatic heterocycles. The molecule has 4 nitrogen and oxygen atoms in total. The molecule has 0 aliphatic heterocycles. The molecule has 1 aliphatic carbocycles. The van der Waals surface area contributed by atoms with Gasteiger partial charge in [-0.1, -0.05) is 19.8 Å².